The van der Waals surface area contributed by atoms with Crippen LogP contribution in [0, 0.1) is 10.1 Å². The molecule has 6 nitrogen and oxygen atoms in total. The van der Waals surface area contributed by atoms with Gasteiger partial charge in [-0.25, -0.2) is 0 Å². The maximum absolute atomic E-state index is 11.8. The van der Waals surface area contributed by atoms with Gasteiger partial charge in [0, 0.05) is 25.3 Å². The Balaban J connectivity index is 3.89. The number of esters is 1. The molecule has 0 aromatic rings. The third kappa shape index (κ3) is 14.4. The Labute approximate surface area is 156 Å². The number of carbonyl (C=O) groups is 2. The van der Waals surface area contributed by atoms with Crippen LogP contribution in [0.3, 0.4) is 0 Å². The quantitative estimate of drug-likeness (QED) is 0.0940. The molecule has 0 spiro atoms. The number of allylic oxidation sites excluding steroid dienone is 4. The lowest BCUT2D eigenvalue weighted by Crippen LogP contribution is -2.03. The van der Waals surface area contributed by atoms with Crippen molar-refractivity contribution in [2.24, 2.45) is 0 Å². The van der Waals surface area contributed by atoms with Crippen LogP contribution < -0.4 is 0 Å². The van der Waals surface area contributed by atoms with E-state index < -0.39 is 0 Å². The molecule has 0 fully saturated rings. The second kappa shape index (κ2) is 16.5. The molecule has 26 heavy (non-hydrogen) atoms. The van der Waals surface area contributed by atoms with Crippen LogP contribution in [0.1, 0.15) is 84.5 Å². The summed E-state index contributed by atoms with van der Waals surface area (Å²) in [5.74, 6) is -0.159. The Morgan fingerprint density at radius 2 is 1.54 bits per heavy atom. The summed E-state index contributed by atoms with van der Waals surface area (Å²) in [6, 6.07) is 0. The topological polar surface area (TPSA) is 86.5 Å². The fourth-order valence-electron chi connectivity index (χ4n) is 2.47. The van der Waals surface area contributed by atoms with Crippen LogP contribution in [0.4, 0.5) is 0 Å². The molecule has 0 saturated carbocycles. The molecule has 0 aromatic heterocycles. The average molecular weight is 367 g/mol. The van der Waals surface area contributed by atoms with Gasteiger partial charge in [-0.3, -0.25) is 19.7 Å². The van der Waals surface area contributed by atoms with Gasteiger partial charge < -0.3 is 4.74 Å². The van der Waals surface area contributed by atoms with Crippen molar-refractivity contribution in [2.75, 3.05) is 6.61 Å². The van der Waals surface area contributed by atoms with E-state index in [0.29, 0.717) is 25.9 Å². The zero-order valence-corrected chi connectivity index (χ0v) is 16.2. The van der Waals surface area contributed by atoms with E-state index in [4.69, 9.17) is 4.74 Å². The lowest BCUT2D eigenvalue weighted by Gasteiger charge is -2.02. The van der Waals surface area contributed by atoms with Crippen LogP contribution in [0.15, 0.2) is 23.9 Å². The molecule has 0 saturated heterocycles. The number of carbonyl (C=O) groups excluding carboxylic acids is 2. The van der Waals surface area contributed by atoms with Crippen LogP contribution in [0.2, 0.25) is 0 Å². The predicted octanol–water partition coefficient (Wildman–Crippen LogP) is 5.15. The van der Waals surface area contributed by atoms with E-state index >= 15 is 0 Å². The first-order valence-corrected chi connectivity index (χ1v) is 9.71. The fourth-order valence-corrected chi connectivity index (χ4v) is 2.47. The Bertz CT molecular complexity index is 483. The van der Waals surface area contributed by atoms with Crippen LogP contribution in [-0.4, -0.2) is 23.3 Å². The largest absolute Gasteiger partial charge is 0.466 e. The van der Waals surface area contributed by atoms with Gasteiger partial charge in [0.1, 0.15) is 0 Å². The zero-order chi connectivity index (χ0) is 19.6. The first-order chi connectivity index (χ1) is 12.5. The molecule has 148 valence electrons. The molecule has 6 heteroatoms. The summed E-state index contributed by atoms with van der Waals surface area (Å²) in [5.41, 5.74) is 0.157. The second-order valence-electron chi connectivity index (χ2n) is 6.27. The molecule has 0 atom stereocenters. The van der Waals surface area contributed by atoms with Crippen LogP contribution in [0.25, 0.3) is 0 Å². The smallest absolute Gasteiger partial charge is 0.305 e. The molecule has 0 amide bonds. The van der Waals surface area contributed by atoms with Crippen LogP contribution >= 0.6 is 0 Å². The first kappa shape index (κ1) is 24.0. The van der Waals surface area contributed by atoms with Crippen molar-refractivity contribution in [1.29, 1.82) is 0 Å². The molecule has 0 aromatic carbocycles. The normalized spacial score (nSPS) is 11.7. The molecule has 0 radical (unpaired) electrons. The van der Waals surface area contributed by atoms with Gasteiger partial charge in [-0.15, -0.1) is 0 Å². The Morgan fingerprint density at radius 1 is 0.923 bits per heavy atom. The van der Waals surface area contributed by atoms with Crippen molar-refractivity contribution in [3.63, 3.8) is 0 Å². The molecule has 0 aliphatic heterocycles. The Morgan fingerprint density at radius 3 is 2.15 bits per heavy atom. The lowest BCUT2D eigenvalue weighted by molar-refractivity contribution is -0.428. The highest BCUT2D eigenvalue weighted by Gasteiger charge is 2.08. The monoisotopic (exact) mass is 367 g/mol. The summed E-state index contributed by atoms with van der Waals surface area (Å²) in [5, 5.41) is 10.9. The maximum atomic E-state index is 11.8. The highest BCUT2D eigenvalue weighted by Crippen LogP contribution is 2.11. The lowest BCUT2D eigenvalue weighted by atomic mass is 10.1. The van der Waals surface area contributed by atoms with Crippen molar-refractivity contribution in [1.82, 2.24) is 0 Å². The van der Waals surface area contributed by atoms with Crippen molar-refractivity contribution in [2.45, 2.75) is 84.5 Å². The number of nitrogens with zero attached hydrogens (tertiary/aromatic N) is 1. The molecule has 0 rings (SSSR count). The van der Waals surface area contributed by atoms with Gasteiger partial charge in [0.25, 0.3) is 0 Å². The minimum atomic E-state index is -0.374. The molecule has 0 aliphatic carbocycles. The average Bonchev–Trinajstić information content (AvgIpc) is 2.59. The number of unbranched alkanes of at least 4 members (excludes halogenated alkanes) is 6. The van der Waals surface area contributed by atoms with Gasteiger partial charge in [-0.2, -0.15) is 0 Å². The van der Waals surface area contributed by atoms with E-state index in [2.05, 4.69) is 6.92 Å². The number of ether oxygens (including phenoxy) is 1. The van der Waals surface area contributed by atoms with Gasteiger partial charge in [0.05, 0.1) is 11.5 Å². The van der Waals surface area contributed by atoms with E-state index in [1.807, 2.05) is 0 Å². The van der Waals surface area contributed by atoms with Crippen molar-refractivity contribution in [3.8, 4) is 0 Å². The van der Waals surface area contributed by atoms with E-state index in [-0.39, 0.29) is 22.4 Å². The van der Waals surface area contributed by atoms with Gasteiger partial charge in [-0.1, -0.05) is 45.1 Å². The number of rotatable bonds is 16. The number of hydrogen-bond acceptors (Lipinski definition) is 5. The summed E-state index contributed by atoms with van der Waals surface area (Å²) in [6.45, 7) is 4.27. The highest BCUT2D eigenvalue weighted by atomic mass is 16.6. The second-order valence-corrected chi connectivity index (χ2v) is 6.27. The van der Waals surface area contributed by atoms with Gasteiger partial charge in [-0.05, 0) is 32.3 Å². The van der Waals surface area contributed by atoms with E-state index in [9.17, 15) is 19.7 Å². The maximum Gasteiger partial charge on any atom is 0.305 e. The zero-order valence-electron chi connectivity index (χ0n) is 16.2. The van der Waals surface area contributed by atoms with Crippen LogP contribution in [0.5, 0.6) is 0 Å². The summed E-state index contributed by atoms with van der Waals surface area (Å²) in [6.07, 6.45) is 13.0. The van der Waals surface area contributed by atoms with Gasteiger partial charge >= 0.3 is 5.97 Å². The van der Waals surface area contributed by atoms with Crippen molar-refractivity contribution < 1.29 is 19.2 Å². The molecular weight excluding hydrogens is 334 g/mol. The Kier molecular flexibility index (Phi) is 15.2. The minimum absolute atomic E-state index is 0.0102. The van der Waals surface area contributed by atoms with Crippen LogP contribution in [-0.2, 0) is 14.3 Å². The van der Waals surface area contributed by atoms with Crippen molar-refractivity contribution >= 4 is 11.8 Å². The van der Waals surface area contributed by atoms with E-state index in [1.165, 1.54) is 18.2 Å². The van der Waals surface area contributed by atoms with Crippen molar-refractivity contribution in [3.05, 3.63) is 34.0 Å². The standard InChI is InChI=1S/C20H33NO5/c1-3-5-9-13-18(21(24)25)14-12-16-19(22)15-10-7-6-8-11-17-20(23)26-4-2/h12,14,16H,3-11,13,15,17H2,1-2H3/b16-12+,18-14+. The van der Waals surface area contributed by atoms with Gasteiger partial charge in [0.2, 0.25) is 5.70 Å². The summed E-state index contributed by atoms with van der Waals surface area (Å²) in [4.78, 5) is 33.5. The third-order valence-electron chi connectivity index (χ3n) is 3.95. The molecular formula is C20H33NO5. The molecule has 0 unspecified atom stereocenters. The number of nitro groups is 1. The minimum Gasteiger partial charge on any atom is -0.466 e. The molecule has 0 heterocycles. The molecule has 0 aliphatic rings. The fraction of sp³-hybridized carbons (Fsp3) is 0.700. The predicted molar refractivity (Wildman–Crippen MR) is 102 cm³/mol. The summed E-state index contributed by atoms with van der Waals surface area (Å²) >= 11 is 0. The molecule has 0 N–H and O–H groups in total. The van der Waals surface area contributed by atoms with Gasteiger partial charge in [0.15, 0.2) is 5.78 Å². The number of hydrogen-bond donors (Lipinski definition) is 0. The first-order valence-electron chi connectivity index (χ1n) is 9.71. The Hall–Kier alpha value is -1.98. The van der Waals surface area contributed by atoms with E-state index in [1.54, 1.807) is 6.92 Å². The third-order valence-corrected chi connectivity index (χ3v) is 3.95. The van der Waals surface area contributed by atoms with E-state index in [0.717, 1.165) is 51.4 Å². The molecule has 0 bridgehead atoms. The summed E-state index contributed by atoms with van der Waals surface area (Å²) in [7, 11) is 0. The SMILES string of the molecule is CCCCC/C(=C\C=C\C(=O)CCCCCCCC(=O)OCC)[N+](=O)[O-]. The highest BCUT2D eigenvalue weighted by molar-refractivity contribution is 5.89. The number of ketones is 1. The summed E-state index contributed by atoms with van der Waals surface area (Å²) < 4.78 is 4.86.